The van der Waals surface area contributed by atoms with Crippen molar-refractivity contribution >= 4 is 29.1 Å². The number of likely N-dealkylation sites (tertiary alicyclic amines) is 1. The standard InChI is InChI=1S/C20H17ClF4N2O2/c21-16-11-13(5-6-14(16)19(29)27-8-2-1-3-9-27)26-18(28)12-4-7-17(22)15(10-12)20(23,24)25/h4-7,10-11H,1-3,8-9H2,(H,26,28). The molecule has 1 aliphatic heterocycles. The number of benzene rings is 2. The van der Waals surface area contributed by atoms with Crippen molar-refractivity contribution in [2.75, 3.05) is 18.4 Å². The molecule has 29 heavy (non-hydrogen) atoms. The molecule has 1 aliphatic rings. The lowest BCUT2D eigenvalue weighted by Gasteiger charge is -2.27. The number of amides is 2. The summed E-state index contributed by atoms with van der Waals surface area (Å²) >= 11 is 6.18. The van der Waals surface area contributed by atoms with Crippen molar-refractivity contribution in [2.24, 2.45) is 0 Å². The van der Waals surface area contributed by atoms with E-state index in [0.717, 1.165) is 25.3 Å². The maximum absolute atomic E-state index is 13.4. The van der Waals surface area contributed by atoms with E-state index in [2.05, 4.69) is 5.32 Å². The molecule has 2 aromatic rings. The molecular formula is C20H17ClF4N2O2. The first-order valence-electron chi connectivity index (χ1n) is 8.94. The molecular weight excluding hydrogens is 412 g/mol. The predicted octanol–water partition coefficient (Wildman–Crippen LogP) is 5.38. The number of hydrogen-bond acceptors (Lipinski definition) is 2. The largest absolute Gasteiger partial charge is 0.419 e. The van der Waals surface area contributed by atoms with Gasteiger partial charge in [-0.1, -0.05) is 11.6 Å². The Kier molecular flexibility index (Phi) is 6.12. The topological polar surface area (TPSA) is 49.4 Å². The molecule has 0 unspecified atom stereocenters. The molecule has 1 saturated heterocycles. The van der Waals surface area contributed by atoms with Crippen LogP contribution in [0.2, 0.25) is 5.02 Å². The van der Waals surface area contributed by atoms with Crippen molar-refractivity contribution < 1.29 is 27.2 Å². The van der Waals surface area contributed by atoms with E-state index in [9.17, 15) is 27.2 Å². The summed E-state index contributed by atoms with van der Waals surface area (Å²) in [6.45, 7) is 1.31. The van der Waals surface area contributed by atoms with Crippen LogP contribution < -0.4 is 5.32 Å². The molecule has 0 spiro atoms. The Labute approximate surface area is 169 Å². The second-order valence-corrected chi connectivity index (χ2v) is 7.10. The average molecular weight is 429 g/mol. The molecule has 2 aromatic carbocycles. The van der Waals surface area contributed by atoms with Gasteiger partial charge in [-0.25, -0.2) is 4.39 Å². The van der Waals surface area contributed by atoms with Gasteiger partial charge in [0, 0.05) is 24.3 Å². The second-order valence-electron chi connectivity index (χ2n) is 6.69. The second kappa shape index (κ2) is 8.41. The number of carbonyl (C=O) groups excluding carboxylic acids is 2. The number of piperidine rings is 1. The molecule has 1 N–H and O–H groups in total. The Morgan fingerprint density at radius 1 is 1.00 bits per heavy atom. The minimum Gasteiger partial charge on any atom is -0.339 e. The highest BCUT2D eigenvalue weighted by Crippen LogP contribution is 2.32. The van der Waals surface area contributed by atoms with Crippen molar-refractivity contribution in [3.63, 3.8) is 0 Å². The number of alkyl halides is 3. The van der Waals surface area contributed by atoms with Gasteiger partial charge in [-0.2, -0.15) is 13.2 Å². The van der Waals surface area contributed by atoms with Gasteiger partial charge in [0.2, 0.25) is 0 Å². The van der Waals surface area contributed by atoms with Crippen molar-refractivity contribution in [2.45, 2.75) is 25.4 Å². The maximum atomic E-state index is 13.4. The van der Waals surface area contributed by atoms with Crippen LogP contribution in [-0.4, -0.2) is 29.8 Å². The summed E-state index contributed by atoms with van der Waals surface area (Å²) in [6, 6.07) is 6.24. The fourth-order valence-corrected chi connectivity index (χ4v) is 3.38. The van der Waals surface area contributed by atoms with Crippen LogP contribution in [-0.2, 0) is 6.18 Å². The van der Waals surface area contributed by atoms with E-state index in [0.29, 0.717) is 25.2 Å². The van der Waals surface area contributed by atoms with Gasteiger partial charge in [0.25, 0.3) is 11.8 Å². The Balaban J connectivity index is 1.76. The van der Waals surface area contributed by atoms with Gasteiger partial charge in [0.1, 0.15) is 5.82 Å². The van der Waals surface area contributed by atoms with E-state index in [-0.39, 0.29) is 27.7 Å². The molecule has 2 amide bonds. The maximum Gasteiger partial charge on any atom is 0.419 e. The molecule has 1 heterocycles. The molecule has 0 aliphatic carbocycles. The van der Waals surface area contributed by atoms with Gasteiger partial charge in [-0.3, -0.25) is 9.59 Å². The van der Waals surface area contributed by atoms with Crippen LogP contribution in [0.5, 0.6) is 0 Å². The highest BCUT2D eigenvalue weighted by atomic mass is 35.5. The molecule has 0 aromatic heterocycles. The molecule has 0 bridgehead atoms. The van der Waals surface area contributed by atoms with Gasteiger partial charge in [0.15, 0.2) is 0 Å². The van der Waals surface area contributed by atoms with Crippen LogP contribution in [0, 0.1) is 5.82 Å². The number of rotatable bonds is 3. The van der Waals surface area contributed by atoms with E-state index in [4.69, 9.17) is 11.6 Å². The van der Waals surface area contributed by atoms with E-state index in [1.165, 1.54) is 18.2 Å². The minimum atomic E-state index is -4.92. The summed E-state index contributed by atoms with van der Waals surface area (Å²) in [6.07, 6.45) is -1.99. The molecule has 154 valence electrons. The van der Waals surface area contributed by atoms with Crippen molar-refractivity contribution in [3.8, 4) is 0 Å². The third-order valence-electron chi connectivity index (χ3n) is 4.63. The molecule has 0 radical (unpaired) electrons. The van der Waals surface area contributed by atoms with Gasteiger partial charge < -0.3 is 10.2 Å². The molecule has 0 saturated carbocycles. The zero-order chi connectivity index (χ0) is 21.2. The predicted molar refractivity (Wildman–Crippen MR) is 101 cm³/mol. The van der Waals surface area contributed by atoms with Crippen molar-refractivity contribution in [1.82, 2.24) is 4.90 Å². The highest BCUT2D eigenvalue weighted by molar-refractivity contribution is 6.34. The molecule has 4 nitrogen and oxygen atoms in total. The molecule has 3 rings (SSSR count). The molecule has 9 heteroatoms. The van der Waals surface area contributed by atoms with E-state index in [1.54, 1.807) is 4.90 Å². The van der Waals surface area contributed by atoms with Crippen molar-refractivity contribution in [3.05, 3.63) is 63.9 Å². The van der Waals surface area contributed by atoms with Crippen LogP contribution in [0.15, 0.2) is 36.4 Å². The van der Waals surface area contributed by atoms with Crippen LogP contribution >= 0.6 is 11.6 Å². The van der Waals surface area contributed by atoms with Gasteiger partial charge in [-0.05, 0) is 55.7 Å². The number of hydrogen-bond donors (Lipinski definition) is 1. The number of carbonyl (C=O) groups is 2. The Morgan fingerprint density at radius 2 is 1.69 bits per heavy atom. The third kappa shape index (κ3) is 4.87. The summed E-state index contributed by atoms with van der Waals surface area (Å²) in [7, 11) is 0. The van der Waals surface area contributed by atoms with Gasteiger partial charge >= 0.3 is 6.18 Å². The summed E-state index contributed by atoms with van der Waals surface area (Å²) < 4.78 is 51.8. The Hall–Kier alpha value is -2.61. The first-order valence-corrected chi connectivity index (χ1v) is 9.31. The zero-order valence-electron chi connectivity index (χ0n) is 15.2. The first kappa shape index (κ1) is 21.1. The minimum absolute atomic E-state index is 0.119. The number of halogens is 5. The summed E-state index contributed by atoms with van der Waals surface area (Å²) in [5.41, 5.74) is -1.39. The van der Waals surface area contributed by atoms with Crippen LogP contribution in [0.25, 0.3) is 0 Å². The monoisotopic (exact) mass is 428 g/mol. The lowest BCUT2D eigenvalue weighted by molar-refractivity contribution is -0.140. The summed E-state index contributed by atoms with van der Waals surface area (Å²) in [5, 5.41) is 2.52. The zero-order valence-corrected chi connectivity index (χ0v) is 15.9. The number of nitrogens with zero attached hydrogens (tertiary/aromatic N) is 1. The number of nitrogens with one attached hydrogen (secondary N) is 1. The summed E-state index contributed by atoms with van der Waals surface area (Å²) in [5.74, 6) is -2.53. The molecule has 1 fully saturated rings. The number of anilines is 1. The van der Waals surface area contributed by atoms with Crippen molar-refractivity contribution in [1.29, 1.82) is 0 Å². The fraction of sp³-hybridized carbons (Fsp3) is 0.300. The molecule has 0 atom stereocenters. The first-order chi connectivity index (χ1) is 13.7. The van der Waals surface area contributed by atoms with E-state index < -0.39 is 23.5 Å². The lowest BCUT2D eigenvalue weighted by Crippen LogP contribution is -2.35. The van der Waals surface area contributed by atoms with Gasteiger partial charge in [-0.15, -0.1) is 0 Å². The lowest BCUT2D eigenvalue weighted by atomic mass is 10.1. The Bertz CT molecular complexity index is 941. The van der Waals surface area contributed by atoms with Gasteiger partial charge in [0.05, 0.1) is 16.1 Å². The SMILES string of the molecule is O=C(Nc1ccc(C(=O)N2CCCCC2)c(Cl)c1)c1ccc(F)c(C(F)(F)F)c1. The van der Waals surface area contributed by atoms with E-state index >= 15 is 0 Å². The third-order valence-corrected chi connectivity index (χ3v) is 4.95. The smallest absolute Gasteiger partial charge is 0.339 e. The average Bonchev–Trinajstić information content (AvgIpc) is 2.67. The van der Waals surface area contributed by atoms with Crippen LogP contribution in [0.4, 0.5) is 23.2 Å². The van der Waals surface area contributed by atoms with E-state index in [1.807, 2.05) is 0 Å². The highest BCUT2D eigenvalue weighted by Gasteiger charge is 2.34. The summed E-state index contributed by atoms with van der Waals surface area (Å²) in [4.78, 5) is 26.5. The van der Waals surface area contributed by atoms with Crippen LogP contribution in [0.3, 0.4) is 0 Å². The quantitative estimate of drug-likeness (QED) is 0.667. The van der Waals surface area contributed by atoms with Crippen LogP contribution in [0.1, 0.15) is 45.5 Å². The fourth-order valence-electron chi connectivity index (χ4n) is 3.12. The Morgan fingerprint density at radius 3 is 2.31 bits per heavy atom. The normalized spacial score (nSPS) is 14.6.